The third-order valence-electron chi connectivity index (χ3n) is 11.5. The van der Waals surface area contributed by atoms with Gasteiger partial charge in [-0.3, -0.25) is 9.59 Å². The molecule has 4 aromatic rings. The monoisotopic (exact) mass is 991 g/mol. The lowest BCUT2D eigenvalue weighted by atomic mass is 9.78. The predicted octanol–water partition coefficient (Wildman–Crippen LogP) is 13.8. The number of hydrogen-bond donors (Lipinski definition) is 4. The van der Waals surface area contributed by atoms with E-state index in [1.807, 2.05) is 43.1 Å². The summed E-state index contributed by atoms with van der Waals surface area (Å²) in [6, 6.07) is 22.8. The van der Waals surface area contributed by atoms with Crippen LogP contribution in [-0.2, 0) is 62.2 Å². The second-order valence-electron chi connectivity index (χ2n) is 22.2. The minimum Gasteiger partial charge on any atom is -0.507 e. The van der Waals surface area contributed by atoms with E-state index in [0.29, 0.717) is 56.5 Å². The maximum atomic E-state index is 12.4. The van der Waals surface area contributed by atoms with Crippen LogP contribution in [0.4, 0.5) is 11.4 Å². The Morgan fingerprint density at radius 3 is 1.36 bits per heavy atom. The van der Waals surface area contributed by atoms with Gasteiger partial charge in [-0.05, 0) is 116 Å². The Morgan fingerprint density at radius 1 is 0.609 bits per heavy atom. The van der Waals surface area contributed by atoms with Crippen molar-refractivity contribution in [1.82, 2.24) is 0 Å². The van der Waals surface area contributed by atoms with Crippen molar-refractivity contribution >= 4 is 40.2 Å². The zero-order valence-electron chi connectivity index (χ0n) is 44.1. The van der Waals surface area contributed by atoms with E-state index in [2.05, 4.69) is 113 Å². The quantitative estimate of drug-likeness (QED) is 0.113. The van der Waals surface area contributed by atoms with E-state index < -0.39 is 17.0 Å². The van der Waals surface area contributed by atoms with Gasteiger partial charge in [0.05, 0.1) is 39.0 Å². The molecule has 2 saturated heterocycles. The van der Waals surface area contributed by atoms with E-state index in [1.165, 1.54) is 12.5 Å². The van der Waals surface area contributed by atoms with Crippen LogP contribution < -0.4 is 19.9 Å². The van der Waals surface area contributed by atoms with Crippen molar-refractivity contribution in [3.63, 3.8) is 0 Å². The Morgan fingerprint density at radius 2 is 0.986 bits per heavy atom. The lowest BCUT2D eigenvalue weighted by molar-refractivity contribution is -0.116. The van der Waals surface area contributed by atoms with Crippen LogP contribution in [0.15, 0.2) is 72.8 Å². The maximum absolute atomic E-state index is 12.4. The van der Waals surface area contributed by atoms with Crippen LogP contribution in [0.25, 0.3) is 0 Å². The molecule has 4 aromatic carbocycles. The fraction of sp³-hybridized carbons (Fsp3) is 0.527. The Labute approximate surface area is 415 Å². The molecule has 0 saturated carbocycles. The van der Waals surface area contributed by atoms with Gasteiger partial charge in [0.2, 0.25) is 11.8 Å². The molecule has 380 valence electrons. The topological polar surface area (TPSA) is 154 Å². The number of phenolic OH excluding ortho intramolecular Hbond substituents is 2. The number of methoxy groups -OCH3 is 1. The fourth-order valence-corrected chi connectivity index (χ4v) is 9.73. The van der Waals surface area contributed by atoms with Crippen LogP contribution in [0.3, 0.4) is 0 Å². The van der Waals surface area contributed by atoms with Gasteiger partial charge in [0, 0.05) is 31.4 Å². The molecule has 0 aliphatic carbocycles. The summed E-state index contributed by atoms with van der Waals surface area (Å²) in [6.07, 6.45) is 3.21. The molecular formula is C55H80N2O10P2. The van der Waals surface area contributed by atoms with Gasteiger partial charge >= 0.3 is 8.60 Å². The van der Waals surface area contributed by atoms with Gasteiger partial charge in [-0.15, -0.1) is 0 Å². The number of ether oxygens (including phenoxy) is 1. The third-order valence-corrected chi connectivity index (χ3v) is 13.6. The smallest absolute Gasteiger partial charge is 0.397 e. The molecule has 2 heterocycles. The number of carbonyl (C=O) groups excluding carboxylic acids is 2. The molecule has 0 unspecified atom stereocenters. The largest absolute Gasteiger partial charge is 0.507 e. The number of benzene rings is 4. The highest BCUT2D eigenvalue weighted by atomic mass is 31.2. The predicted molar refractivity (Wildman–Crippen MR) is 282 cm³/mol. The van der Waals surface area contributed by atoms with Gasteiger partial charge in [0.15, 0.2) is 8.38 Å². The summed E-state index contributed by atoms with van der Waals surface area (Å²) in [5, 5.41) is 27.0. The van der Waals surface area contributed by atoms with Crippen molar-refractivity contribution in [3.8, 4) is 23.0 Å². The van der Waals surface area contributed by atoms with E-state index in [9.17, 15) is 19.8 Å². The third kappa shape index (κ3) is 17.5. The van der Waals surface area contributed by atoms with Gasteiger partial charge in [-0.1, -0.05) is 121 Å². The Kier molecular flexibility index (Phi) is 20.1. The first-order chi connectivity index (χ1) is 32.0. The van der Waals surface area contributed by atoms with Crippen LogP contribution in [0.5, 0.6) is 23.0 Å². The van der Waals surface area contributed by atoms with Gasteiger partial charge in [0.1, 0.15) is 23.0 Å². The van der Waals surface area contributed by atoms with Gasteiger partial charge in [0.25, 0.3) is 0 Å². The summed E-state index contributed by atoms with van der Waals surface area (Å²) in [7, 11) is -0.585. The Bertz CT molecular complexity index is 2220. The summed E-state index contributed by atoms with van der Waals surface area (Å²) in [4.78, 5) is 23.4. The number of nitrogens with one attached hydrogen (secondary N) is 2. The van der Waals surface area contributed by atoms with Crippen molar-refractivity contribution in [3.05, 3.63) is 106 Å². The van der Waals surface area contributed by atoms with Crippen LogP contribution in [0.2, 0.25) is 0 Å². The van der Waals surface area contributed by atoms with Crippen LogP contribution in [0, 0.1) is 5.41 Å². The van der Waals surface area contributed by atoms with Crippen molar-refractivity contribution in [2.75, 3.05) is 50.8 Å². The second kappa shape index (κ2) is 24.2. The molecule has 0 bridgehead atoms. The van der Waals surface area contributed by atoms with E-state index in [0.717, 1.165) is 57.8 Å². The molecule has 2 amide bonds. The molecule has 4 N–H and O–H groups in total. The molecule has 2 aliphatic rings. The van der Waals surface area contributed by atoms with Crippen molar-refractivity contribution in [2.24, 2.45) is 5.41 Å². The summed E-state index contributed by atoms with van der Waals surface area (Å²) < 4.78 is 33.4. The number of hydrogen-bond acceptors (Lipinski definition) is 10. The van der Waals surface area contributed by atoms with E-state index >= 15 is 0 Å². The number of aryl methyl sites for hydroxylation is 2. The summed E-state index contributed by atoms with van der Waals surface area (Å²) in [5.41, 5.74) is 7.23. The minimum absolute atomic E-state index is 0.0200. The Balaban J connectivity index is 0.000000231. The highest BCUT2D eigenvalue weighted by Crippen LogP contribution is 2.51. The van der Waals surface area contributed by atoms with Crippen molar-refractivity contribution in [2.45, 2.75) is 144 Å². The minimum atomic E-state index is -1.43. The summed E-state index contributed by atoms with van der Waals surface area (Å²) in [6.45, 7) is 33.3. The van der Waals surface area contributed by atoms with Crippen LogP contribution in [-0.4, -0.2) is 62.2 Å². The highest BCUT2D eigenvalue weighted by Gasteiger charge is 2.43. The number of carbonyl (C=O) groups is 2. The molecule has 2 aliphatic heterocycles. The number of rotatable bonds is 10. The highest BCUT2D eigenvalue weighted by molar-refractivity contribution is 7.46. The fourth-order valence-electron chi connectivity index (χ4n) is 7.51. The molecular weight excluding hydrogens is 911 g/mol. The lowest BCUT2D eigenvalue weighted by Crippen LogP contribution is -2.44. The Hall–Kier alpha value is -4.28. The lowest BCUT2D eigenvalue weighted by Gasteiger charge is -2.41. The molecule has 14 heteroatoms. The average Bonchev–Trinajstić information content (AvgIpc) is 3.25. The van der Waals surface area contributed by atoms with Crippen molar-refractivity contribution < 1.29 is 47.2 Å². The number of amides is 2. The molecule has 1 spiro atoms. The molecule has 0 radical (unpaired) electrons. The van der Waals surface area contributed by atoms with Crippen LogP contribution in [0.1, 0.15) is 143 Å². The van der Waals surface area contributed by atoms with E-state index in [1.54, 1.807) is 31.4 Å². The summed E-state index contributed by atoms with van der Waals surface area (Å²) >= 11 is 0. The van der Waals surface area contributed by atoms with E-state index in [-0.39, 0.29) is 38.9 Å². The SMILES string of the molecule is CC(=O)Nc1ccc(OP2OCC3(COP(C)OC3)CO2)cc1.CCCc1cc(C(C)(C)C)c(O)c(C(C)(C)C)c1.COc1ccc(NC(=O)CCc2cc(C(C)(C)C)c(O)c(C(C)(C)C)c2)cc1. The van der Waals surface area contributed by atoms with Crippen LogP contribution >= 0.6 is 17.0 Å². The molecule has 0 atom stereocenters. The first-order valence-corrected chi connectivity index (χ1v) is 26.5. The van der Waals surface area contributed by atoms with Gasteiger partial charge in [-0.25, -0.2) is 0 Å². The maximum Gasteiger partial charge on any atom is 0.397 e. The standard InChI is InChI=1S/C24H33NO3.C17H28O.C14H19NO6P2/c1-23(2,3)19-14-16(15-20(22(19)27)24(4,5)6)8-13-21(26)25-17-9-11-18(28-7)12-10-17;1-8-9-12-10-13(16(2,3)4)15(18)14(11-12)17(5,6)7;1-11(16)15-12-3-5-13(6-4-12)21-23-19-9-14(10-20-23)7-17-22(2)18-8-14/h9-12,14-15,27H,8,13H2,1-7H3,(H,25,26);10-11,18H,8-9H2,1-7H3;3-6H,7-10H2,1-2H3,(H,15,16). The number of phenols is 2. The number of anilines is 2. The normalized spacial score (nSPS) is 18.5. The molecule has 2 fully saturated rings. The van der Waals surface area contributed by atoms with Crippen molar-refractivity contribution in [1.29, 1.82) is 0 Å². The zero-order chi connectivity index (χ0) is 51.5. The molecule has 69 heavy (non-hydrogen) atoms. The zero-order valence-corrected chi connectivity index (χ0v) is 45.9. The number of aromatic hydroxyl groups is 2. The van der Waals surface area contributed by atoms with Gasteiger partial charge in [-0.2, -0.15) is 0 Å². The van der Waals surface area contributed by atoms with E-state index in [4.69, 9.17) is 27.4 Å². The first-order valence-electron chi connectivity index (χ1n) is 23.8. The second-order valence-corrected chi connectivity index (χ2v) is 24.7. The van der Waals surface area contributed by atoms with Gasteiger partial charge < -0.3 is 48.2 Å². The molecule has 12 nitrogen and oxygen atoms in total. The summed E-state index contributed by atoms with van der Waals surface area (Å²) in [5.74, 6) is 2.09. The average molecular weight is 991 g/mol. The first kappa shape index (κ1) is 57.3. The molecule has 6 rings (SSSR count). The molecule has 0 aromatic heterocycles.